The molecule has 1 amide bonds. The molecule has 0 aromatic rings. The highest BCUT2D eigenvalue weighted by Gasteiger charge is 2.32. The van der Waals surface area contributed by atoms with Gasteiger partial charge in [-0.3, -0.25) is 9.79 Å². The highest BCUT2D eigenvalue weighted by atomic mass is 16.5. The number of primary amides is 1. The Hall–Kier alpha value is -1.44. The summed E-state index contributed by atoms with van der Waals surface area (Å²) in [6, 6.07) is 0. The number of carbonyl (C=O) groups is 1. The predicted molar refractivity (Wildman–Crippen MR) is 54.8 cm³/mol. The number of aliphatic imine (C=N–C) groups is 1. The lowest BCUT2D eigenvalue weighted by molar-refractivity contribution is -0.114. The molecule has 0 aliphatic carbocycles. The molecule has 90 valence electrons. The topological polar surface area (TPSA) is 125 Å². The fraction of sp³-hybridized carbons (Fsp3) is 0.556. The number of aliphatic hydroxyl groups is 3. The summed E-state index contributed by atoms with van der Waals surface area (Å²) in [6.45, 7) is -0.300. The van der Waals surface area contributed by atoms with Gasteiger partial charge in [-0.15, -0.1) is 0 Å². The first kappa shape index (κ1) is 12.6. The van der Waals surface area contributed by atoms with Gasteiger partial charge in [0.05, 0.1) is 24.5 Å². The van der Waals surface area contributed by atoms with Gasteiger partial charge < -0.3 is 25.8 Å². The van der Waals surface area contributed by atoms with Gasteiger partial charge in [0, 0.05) is 12.6 Å². The van der Waals surface area contributed by atoms with Crippen molar-refractivity contribution in [2.24, 2.45) is 10.7 Å². The zero-order valence-corrected chi connectivity index (χ0v) is 8.48. The van der Waals surface area contributed by atoms with Crippen LogP contribution in [-0.4, -0.2) is 52.5 Å². The van der Waals surface area contributed by atoms with E-state index in [4.69, 9.17) is 20.7 Å². The molecular weight excluding hydrogens is 216 g/mol. The summed E-state index contributed by atoms with van der Waals surface area (Å²) in [5, 5.41) is 26.8. The second-order valence-electron chi connectivity index (χ2n) is 3.34. The van der Waals surface area contributed by atoms with E-state index in [0.717, 1.165) is 6.21 Å². The fourth-order valence-electron chi connectivity index (χ4n) is 1.29. The standard InChI is InChI=1S/C9H14N2O5/c10-9(15)5(3-12)2-11-8-1-6(14)7(4-13)16-8/h2-3,6-8,12-14H,1,4H2,(H2,10,15)/b5-3-,11-2-/t6-,7+,8+/m0/s1. The molecule has 7 nitrogen and oxygen atoms in total. The van der Waals surface area contributed by atoms with Crippen LogP contribution >= 0.6 is 0 Å². The van der Waals surface area contributed by atoms with E-state index in [1.165, 1.54) is 0 Å². The molecule has 1 heterocycles. The lowest BCUT2D eigenvalue weighted by Crippen LogP contribution is -2.24. The molecule has 0 aromatic carbocycles. The molecule has 16 heavy (non-hydrogen) atoms. The summed E-state index contributed by atoms with van der Waals surface area (Å²) in [4.78, 5) is 14.5. The summed E-state index contributed by atoms with van der Waals surface area (Å²) in [6.07, 6.45) is -0.277. The third-order valence-corrected chi connectivity index (χ3v) is 2.19. The molecule has 0 spiro atoms. The molecular formula is C9H14N2O5. The Morgan fingerprint density at radius 1 is 1.62 bits per heavy atom. The van der Waals surface area contributed by atoms with Gasteiger partial charge in [-0.05, 0) is 0 Å². The molecule has 1 rings (SSSR count). The van der Waals surface area contributed by atoms with E-state index in [1.54, 1.807) is 0 Å². The molecule has 3 atom stereocenters. The van der Waals surface area contributed by atoms with Crippen LogP contribution in [0.2, 0.25) is 0 Å². The van der Waals surface area contributed by atoms with Crippen molar-refractivity contribution in [2.45, 2.75) is 24.9 Å². The van der Waals surface area contributed by atoms with E-state index < -0.39 is 24.3 Å². The van der Waals surface area contributed by atoms with Gasteiger partial charge in [-0.1, -0.05) is 0 Å². The van der Waals surface area contributed by atoms with E-state index >= 15 is 0 Å². The van der Waals surface area contributed by atoms with Gasteiger partial charge in [0.25, 0.3) is 5.91 Å². The van der Waals surface area contributed by atoms with E-state index in [1.807, 2.05) is 0 Å². The first-order chi connectivity index (χ1) is 7.58. The van der Waals surface area contributed by atoms with E-state index in [2.05, 4.69) is 4.99 Å². The van der Waals surface area contributed by atoms with Crippen LogP contribution in [0.4, 0.5) is 0 Å². The lowest BCUT2D eigenvalue weighted by atomic mass is 10.2. The third-order valence-electron chi connectivity index (χ3n) is 2.19. The Kier molecular flexibility index (Phi) is 4.41. The number of ether oxygens (including phenoxy) is 1. The van der Waals surface area contributed by atoms with E-state index in [0.29, 0.717) is 6.26 Å². The van der Waals surface area contributed by atoms with Crippen LogP contribution in [0, 0.1) is 0 Å². The van der Waals surface area contributed by atoms with Crippen molar-refractivity contribution in [1.29, 1.82) is 0 Å². The number of hydrogen-bond acceptors (Lipinski definition) is 6. The van der Waals surface area contributed by atoms with Crippen molar-refractivity contribution in [3.63, 3.8) is 0 Å². The van der Waals surface area contributed by atoms with Crippen molar-refractivity contribution in [3.8, 4) is 0 Å². The summed E-state index contributed by atoms with van der Waals surface area (Å²) < 4.78 is 5.14. The van der Waals surface area contributed by atoms with E-state index in [-0.39, 0.29) is 18.6 Å². The maximum Gasteiger partial charge on any atom is 0.253 e. The number of nitrogens with zero attached hydrogens (tertiary/aromatic N) is 1. The quantitative estimate of drug-likeness (QED) is 0.264. The number of nitrogens with two attached hydrogens (primary N) is 1. The van der Waals surface area contributed by atoms with Crippen LogP contribution < -0.4 is 5.73 Å². The van der Waals surface area contributed by atoms with Crippen molar-refractivity contribution < 1.29 is 24.9 Å². The Balaban J connectivity index is 2.56. The summed E-state index contributed by atoms with van der Waals surface area (Å²) >= 11 is 0. The minimum atomic E-state index is -0.816. The molecule has 1 fully saturated rings. The first-order valence-electron chi connectivity index (χ1n) is 4.70. The monoisotopic (exact) mass is 230 g/mol. The van der Waals surface area contributed by atoms with Gasteiger partial charge >= 0.3 is 0 Å². The maximum atomic E-state index is 10.7. The van der Waals surface area contributed by atoms with Crippen molar-refractivity contribution >= 4 is 12.1 Å². The predicted octanol–water partition coefficient (Wildman–Crippen LogP) is -1.55. The van der Waals surface area contributed by atoms with Gasteiger partial charge in [-0.25, -0.2) is 0 Å². The second kappa shape index (κ2) is 5.59. The normalized spacial score (nSPS) is 31.1. The molecule has 0 radical (unpaired) electrons. The van der Waals surface area contributed by atoms with Crippen LogP contribution in [0.25, 0.3) is 0 Å². The van der Waals surface area contributed by atoms with Crippen LogP contribution in [0.5, 0.6) is 0 Å². The Morgan fingerprint density at radius 2 is 2.31 bits per heavy atom. The average molecular weight is 230 g/mol. The van der Waals surface area contributed by atoms with Crippen molar-refractivity contribution in [3.05, 3.63) is 11.8 Å². The van der Waals surface area contributed by atoms with Crippen molar-refractivity contribution in [1.82, 2.24) is 0 Å². The summed E-state index contributed by atoms with van der Waals surface area (Å²) in [5.41, 5.74) is 4.76. The SMILES string of the molecule is NC(=O)C(/C=N\[C@H]1C[C@H](O)[C@@H](CO)O1)=C\O. The molecule has 1 aliphatic heterocycles. The minimum absolute atomic E-state index is 0.162. The molecule has 1 saturated heterocycles. The number of rotatable bonds is 4. The molecule has 0 unspecified atom stereocenters. The number of amides is 1. The maximum absolute atomic E-state index is 10.7. The largest absolute Gasteiger partial charge is 0.515 e. The zero-order chi connectivity index (χ0) is 12.1. The lowest BCUT2D eigenvalue weighted by Gasteiger charge is -2.08. The van der Waals surface area contributed by atoms with Gasteiger partial charge in [-0.2, -0.15) is 0 Å². The van der Waals surface area contributed by atoms with Crippen molar-refractivity contribution in [2.75, 3.05) is 6.61 Å². The zero-order valence-electron chi connectivity index (χ0n) is 8.48. The number of carbonyl (C=O) groups excluding carboxylic acids is 1. The van der Waals surface area contributed by atoms with Gasteiger partial charge in [0.15, 0.2) is 6.23 Å². The molecule has 0 saturated carbocycles. The molecule has 7 heteroatoms. The number of aliphatic hydroxyl groups excluding tert-OH is 3. The molecule has 1 aliphatic rings. The number of hydrogen-bond donors (Lipinski definition) is 4. The molecule has 0 bridgehead atoms. The summed E-state index contributed by atoms with van der Waals surface area (Å²) in [5.74, 6) is -0.816. The second-order valence-corrected chi connectivity index (χ2v) is 3.34. The van der Waals surface area contributed by atoms with Crippen LogP contribution in [-0.2, 0) is 9.53 Å². The van der Waals surface area contributed by atoms with Gasteiger partial charge in [0.2, 0.25) is 0 Å². The van der Waals surface area contributed by atoms with E-state index in [9.17, 15) is 9.90 Å². The Bertz CT molecular complexity index is 315. The highest BCUT2D eigenvalue weighted by molar-refractivity contribution is 6.11. The highest BCUT2D eigenvalue weighted by Crippen LogP contribution is 2.20. The Morgan fingerprint density at radius 3 is 2.75 bits per heavy atom. The average Bonchev–Trinajstić information content (AvgIpc) is 2.59. The Labute approximate surface area is 91.9 Å². The van der Waals surface area contributed by atoms with Crippen LogP contribution in [0.3, 0.4) is 0 Å². The third kappa shape index (κ3) is 3.02. The molecule has 5 N–H and O–H groups in total. The fourth-order valence-corrected chi connectivity index (χ4v) is 1.29. The first-order valence-corrected chi connectivity index (χ1v) is 4.70. The molecule has 0 aromatic heterocycles. The van der Waals surface area contributed by atoms with Crippen LogP contribution in [0.1, 0.15) is 6.42 Å². The van der Waals surface area contributed by atoms with Crippen LogP contribution in [0.15, 0.2) is 16.8 Å². The minimum Gasteiger partial charge on any atom is -0.515 e. The smallest absolute Gasteiger partial charge is 0.253 e. The summed E-state index contributed by atoms with van der Waals surface area (Å²) in [7, 11) is 0. The van der Waals surface area contributed by atoms with Gasteiger partial charge in [0.1, 0.15) is 6.10 Å².